The highest BCUT2D eigenvalue weighted by Gasteiger charge is 2.00. The van der Waals surface area contributed by atoms with Crippen molar-refractivity contribution in [2.45, 2.75) is 58.8 Å². The molecule has 0 unspecified atom stereocenters. The van der Waals surface area contributed by atoms with Gasteiger partial charge in [-0.3, -0.25) is 0 Å². The molecule has 0 heterocycles. The van der Waals surface area contributed by atoms with Gasteiger partial charge in [-0.05, 0) is 37.0 Å². The number of carbonyl (C=O) groups is 1. The maximum atomic E-state index is 10.8. The van der Waals surface area contributed by atoms with Crippen LogP contribution in [0.2, 0.25) is 0 Å². The van der Waals surface area contributed by atoms with Gasteiger partial charge < -0.3 is 5.11 Å². The molecular formula is C18H26O2. The summed E-state index contributed by atoms with van der Waals surface area (Å²) in [4.78, 5) is 10.8. The smallest absolute Gasteiger partial charge is 0.331 e. The van der Waals surface area contributed by atoms with Crippen LogP contribution in [-0.2, 0) is 11.2 Å². The number of carboxylic acid groups (broad SMARTS) is 1. The fraction of sp³-hybridized carbons (Fsp3) is 0.500. The van der Waals surface area contributed by atoms with Crippen molar-refractivity contribution in [3.63, 3.8) is 0 Å². The average molecular weight is 274 g/mol. The quantitative estimate of drug-likeness (QED) is 0.504. The Bertz CT molecular complexity index is 429. The molecule has 0 spiro atoms. The molecule has 0 aliphatic rings. The zero-order chi connectivity index (χ0) is 14.8. The molecule has 0 saturated heterocycles. The summed E-state index contributed by atoms with van der Waals surface area (Å²) in [5, 5.41) is 8.83. The maximum absolute atomic E-state index is 10.8. The minimum atomic E-state index is -0.860. The normalized spacial score (nSPS) is 11.6. The molecule has 0 amide bonds. The highest BCUT2D eigenvalue weighted by molar-refractivity contribution is 5.91. The van der Waals surface area contributed by atoms with Gasteiger partial charge in [-0.25, -0.2) is 4.79 Å². The first kappa shape index (κ1) is 16.5. The number of carboxylic acids is 1. The minimum Gasteiger partial charge on any atom is -0.478 e. The number of aryl methyl sites for hydroxylation is 1. The third-order valence-corrected chi connectivity index (χ3v) is 3.52. The van der Waals surface area contributed by atoms with Crippen LogP contribution < -0.4 is 0 Å². The molecule has 1 N–H and O–H groups in total. The molecule has 110 valence electrons. The second kappa shape index (κ2) is 9.35. The number of benzene rings is 1. The first-order valence-corrected chi connectivity index (χ1v) is 7.64. The summed E-state index contributed by atoms with van der Waals surface area (Å²) < 4.78 is 0. The summed E-state index contributed by atoms with van der Waals surface area (Å²) in [5.74, 6) is -0.860. The topological polar surface area (TPSA) is 37.3 Å². The molecule has 0 aliphatic carbocycles. The number of aliphatic carboxylic acids is 1. The van der Waals surface area contributed by atoms with Gasteiger partial charge in [-0.2, -0.15) is 0 Å². The molecule has 0 radical (unpaired) electrons. The van der Waals surface area contributed by atoms with E-state index in [1.165, 1.54) is 44.1 Å². The summed E-state index contributed by atoms with van der Waals surface area (Å²) in [6.07, 6.45) is 10.7. The highest BCUT2D eigenvalue weighted by atomic mass is 16.4. The van der Waals surface area contributed by atoms with Gasteiger partial charge in [0.25, 0.3) is 0 Å². The Morgan fingerprint density at radius 3 is 2.25 bits per heavy atom. The third-order valence-electron chi connectivity index (χ3n) is 3.52. The summed E-state index contributed by atoms with van der Waals surface area (Å²) in [5.41, 5.74) is 2.66. The predicted molar refractivity (Wildman–Crippen MR) is 84.8 cm³/mol. The van der Waals surface area contributed by atoms with Crippen LogP contribution in [0.4, 0.5) is 0 Å². The van der Waals surface area contributed by atoms with Crippen LogP contribution in [0.3, 0.4) is 0 Å². The Kier molecular flexibility index (Phi) is 7.71. The van der Waals surface area contributed by atoms with Gasteiger partial charge in [0.15, 0.2) is 0 Å². The van der Waals surface area contributed by atoms with Crippen LogP contribution >= 0.6 is 0 Å². The molecule has 0 saturated carbocycles. The molecule has 0 aromatic heterocycles. The summed E-state index contributed by atoms with van der Waals surface area (Å²) in [6.45, 7) is 3.86. The van der Waals surface area contributed by atoms with E-state index in [2.05, 4.69) is 19.1 Å². The van der Waals surface area contributed by atoms with Crippen LogP contribution in [0.5, 0.6) is 0 Å². The molecule has 2 heteroatoms. The van der Waals surface area contributed by atoms with E-state index >= 15 is 0 Å². The second-order valence-corrected chi connectivity index (χ2v) is 5.39. The van der Waals surface area contributed by atoms with Crippen molar-refractivity contribution in [2.75, 3.05) is 0 Å². The van der Waals surface area contributed by atoms with E-state index in [0.29, 0.717) is 5.57 Å². The SMILES string of the molecule is CCCCCCCCc1ccc(/C=C(\C)C(=O)O)cc1. The monoisotopic (exact) mass is 274 g/mol. The van der Waals surface area contributed by atoms with E-state index < -0.39 is 5.97 Å². The molecule has 1 rings (SSSR count). The third kappa shape index (κ3) is 6.55. The van der Waals surface area contributed by atoms with Crippen molar-refractivity contribution < 1.29 is 9.90 Å². The van der Waals surface area contributed by atoms with Crippen molar-refractivity contribution in [2.24, 2.45) is 0 Å². The lowest BCUT2D eigenvalue weighted by Gasteiger charge is -2.03. The Labute approximate surface area is 122 Å². The van der Waals surface area contributed by atoms with Gasteiger partial charge in [0, 0.05) is 5.57 Å². The van der Waals surface area contributed by atoms with Crippen molar-refractivity contribution >= 4 is 12.0 Å². The van der Waals surface area contributed by atoms with E-state index in [4.69, 9.17) is 5.11 Å². The summed E-state index contributed by atoms with van der Waals surface area (Å²) in [6, 6.07) is 8.21. The van der Waals surface area contributed by atoms with Gasteiger partial charge in [-0.15, -0.1) is 0 Å². The van der Waals surface area contributed by atoms with Crippen LogP contribution in [0.25, 0.3) is 6.08 Å². The molecule has 1 aromatic carbocycles. The second-order valence-electron chi connectivity index (χ2n) is 5.39. The lowest BCUT2D eigenvalue weighted by atomic mass is 10.0. The van der Waals surface area contributed by atoms with Crippen LogP contribution in [0.1, 0.15) is 63.5 Å². The van der Waals surface area contributed by atoms with Gasteiger partial charge in [-0.1, -0.05) is 63.3 Å². The van der Waals surface area contributed by atoms with Crippen LogP contribution in [-0.4, -0.2) is 11.1 Å². The number of hydrogen-bond donors (Lipinski definition) is 1. The van der Waals surface area contributed by atoms with E-state index in [9.17, 15) is 4.79 Å². The Balaban J connectivity index is 2.35. The van der Waals surface area contributed by atoms with Crippen molar-refractivity contribution in [1.82, 2.24) is 0 Å². The van der Waals surface area contributed by atoms with Crippen molar-refractivity contribution in [3.05, 3.63) is 41.0 Å². The molecule has 0 bridgehead atoms. The fourth-order valence-electron chi connectivity index (χ4n) is 2.20. The highest BCUT2D eigenvalue weighted by Crippen LogP contribution is 2.13. The maximum Gasteiger partial charge on any atom is 0.331 e. The zero-order valence-corrected chi connectivity index (χ0v) is 12.7. The van der Waals surface area contributed by atoms with E-state index in [0.717, 1.165) is 12.0 Å². The first-order valence-electron chi connectivity index (χ1n) is 7.64. The number of rotatable bonds is 9. The number of hydrogen-bond acceptors (Lipinski definition) is 1. The van der Waals surface area contributed by atoms with E-state index in [-0.39, 0.29) is 0 Å². The lowest BCUT2D eigenvalue weighted by Crippen LogP contribution is -1.95. The fourth-order valence-corrected chi connectivity index (χ4v) is 2.20. The minimum absolute atomic E-state index is 0.369. The molecular weight excluding hydrogens is 248 g/mol. The molecule has 0 fully saturated rings. The van der Waals surface area contributed by atoms with Gasteiger partial charge in [0.05, 0.1) is 0 Å². The largest absolute Gasteiger partial charge is 0.478 e. The predicted octanol–water partition coefficient (Wildman–Crippen LogP) is 5.08. The van der Waals surface area contributed by atoms with Crippen LogP contribution in [0, 0.1) is 0 Å². The molecule has 0 atom stereocenters. The standard InChI is InChI=1S/C18H26O2/c1-3-4-5-6-7-8-9-16-10-12-17(13-11-16)14-15(2)18(19)20/h10-14H,3-9H2,1-2H3,(H,19,20)/b15-14+. The lowest BCUT2D eigenvalue weighted by molar-refractivity contribution is -0.132. The van der Waals surface area contributed by atoms with Gasteiger partial charge in [0.2, 0.25) is 0 Å². The van der Waals surface area contributed by atoms with Gasteiger partial charge >= 0.3 is 5.97 Å². The molecule has 0 aliphatic heterocycles. The van der Waals surface area contributed by atoms with E-state index in [1.54, 1.807) is 13.0 Å². The van der Waals surface area contributed by atoms with Crippen molar-refractivity contribution in [1.29, 1.82) is 0 Å². The summed E-state index contributed by atoms with van der Waals surface area (Å²) in [7, 11) is 0. The number of unbranched alkanes of at least 4 members (excludes halogenated alkanes) is 5. The first-order chi connectivity index (χ1) is 9.63. The van der Waals surface area contributed by atoms with Crippen molar-refractivity contribution in [3.8, 4) is 0 Å². The van der Waals surface area contributed by atoms with Crippen LogP contribution in [0.15, 0.2) is 29.8 Å². The Morgan fingerprint density at radius 2 is 1.65 bits per heavy atom. The summed E-state index contributed by atoms with van der Waals surface area (Å²) >= 11 is 0. The van der Waals surface area contributed by atoms with Gasteiger partial charge in [0.1, 0.15) is 0 Å². The molecule has 20 heavy (non-hydrogen) atoms. The Morgan fingerprint density at radius 1 is 1.05 bits per heavy atom. The Hall–Kier alpha value is -1.57. The molecule has 1 aromatic rings. The zero-order valence-electron chi connectivity index (χ0n) is 12.7. The average Bonchev–Trinajstić information content (AvgIpc) is 2.44. The molecule has 2 nitrogen and oxygen atoms in total. The van der Waals surface area contributed by atoms with E-state index in [1.807, 2.05) is 12.1 Å².